The highest BCUT2D eigenvalue weighted by Crippen LogP contribution is 2.15. The fraction of sp³-hybridized carbons (Fsp3) is 0.727. The van der Waals surface area contributed by atoms with Crippen LogP contribution in [0.5, 0.6) is 0 Å². The first-order valence-corrected chi connectivity index (χ1v) is 6.13. The third-order valence-electron chi connectivity index (χ3n) is 1.96. The van der Waals surface area contributed by atoms with Crippen LogP contribution in [0.25, 0.3) is 0 Å². The molecular weight excluding hydrogens is 196 g/mol. The summed E-state index contributed by atoms with van der Waals surface area (Å²) in [4.78, 5) is 11.4. The van der Waals surface area contributed by atoms with E-state index in [0.29, 0.717) is 0 Å². The molecule has 2 atom stereocenters. The lowest BCUT2D eigenvalue weighted by atomic mass is 10.1. The molecule has 0 aromatic carbocycles. The van der Waals surface area contributed by atoms with Gasteiger partial charge < -0.3 is 5.11 Å². The van der Waals surface area contributed by atoms with Crippen LogP contribution < -0.4 is 0 Å². The molecule has 1 N–H and O–H groups in total. The normalized spacial score (nSPS) is 15.7. The Morgan fingerprint density at radius 1 is 1.50 bits per heavy atom. The monoisotopic (exact) mass is 216 g/mol. The maximum atomic E-state index is 11.4. The summed E-state index contributed by atoms with van der Waals surface area (Å²) >= 11 is 1.27. The first kappa shape index (κ1) is 13.7. The van der Waals surface area contributed by atoms with Gasteiger partial charge in [0.1, 0.15) is 0 Å². The van der Waals surface area contributed by atoms with Crippen molar-refractivity contribution in [3.05, 3.63) is 12.2 Å². The van der Waals surface area contributed by atoms with Crippen LogP contribution in [0.3, 0.4) is 0 Å². The number of hydrogen-bond acceptors (Lipinski definition) is 3. The maximum absolute atomic E-state index is 11.4. The van der Waals surface area contributed by atoms with Crippen molar-refractivity contribution in [2.45, 2.75) is 39.7 Å². The van der Waals surface area contributed by atoms with Crippen molar-refractivity contribution in [2.75, 3.05) is 5.75 Å². The number of hydrogen-bond donors (Lipinski definition) is 1. The van der Waals surface area contributed by atoms with E-state index in [1.54, 1.807) is 13.0 Å². The van der Waals surface area contributed by atoms with Gasteiger partial charge >= 0.3 is 0 Å². The van der Waals surface area contributed by atoms with Gasteiger partial charge in [-0.15, -0.1) is 0 Å². The molecule has 0 rings (SSSR count). The molecule has 0 saturated heterocycles. The fourth-order valence-corrected chi connectivity index (χ4v) is 1.67. The zero-order chi connectivity index (χ0) is 11.0. The van der Waals surface area contributed by atoms with E-state index in [1.807, 2.05) is 13.0 Å². The summed E-state index contributed by atoms with van der Waals surface area (Å²) in [5, 5.41) is 9.69. The second-order valence-electron chi connectivity index (χ2n) is 3.25. The number of carbonyl (C=O) groups is 1. The molecule has 0 radical (unpaired) electrons. The Morgan fingerprint density at radius 2 is 2.14 bits per heavy atom. The van der Waals surface area contributed by atoms with Crippen LogP contribution in [0, 0.1) is 5.92 Å². The molecule has 0 unspecified atom stereocenters. The molecule has 0 heterocycles. The van der Waals surface area contributed by atoms with E-state index in [2.05, 4.69) is 6.92 Å². The molecule has 0 aromatic heterocycles. The van der Waals surface area contributed by atoms with Gasteiger partial charge in [-0.25, -0.2) is 0 Å². The molecule has 0 spiro atoms. The van der Waals surface area contributed by atoms with E-state index in [4.69, 9.17) is 0 Å². The predicted molar refractivity (Wildman–Crippen MR) is 62.4 cm³/mol. The highest BCUT2D eigenvalue weighted by atomic mass is 32.2. The van der Waals surface area contributed by atoms with Crippen molar-refractivity contribution in [3.63, 3.8) is 0 Å². The van der Waals surface area contributed by atoms with Gasteiger partial charge in [0.05, 0.1) is 12.0 Å². The van der Waals surface area contributed by atoms with Gasteiger partial charge in [-0.05, 0) is 12.2 Å². The summed E-state index contributed by atoms with van der Waals surface area (Å²) in [5.41, 5.74) is 0. The number of thioether (sulfide) groups is 1. The molecule has 0 aliphatic carbocycles. The lowest BCUT2D eigenvalue weighted by Crippen LogP contribution is -2.21. The Morgan fingerprint density at radius 3 is 2.64 bits per heavy atom. The number of unbranched alkanes of at least 4 members (excludes halogenated alkanes) is 1. The van der Waals surface area contributed by atoms with Crippen molar-refractivity contribution < 1.29 is 9.90 Å². The van der Waals surface area contributed by atoms with Gasteiger partial charge in [-0.3, -0.25) is 4.79 Å². The van der Waals surface area contributed by atoms with Crippen molar-refractivity contribution in [3.8, 4) is 0 Å². The van der Waals surface area contributed by atoms with Gasteiger partial charge in [-0.1, -0.05) is 51.1 Å². The summed E-state index contributed by atoms with van der Waals surface area (Å²) < 4.78 is 0. The van der Waals surface area contributed by atoms with Crippen molar-refractivity contribution in [1.82, 2.24) is 0 Å². The van der Waals surface area contributed by atoms with E-state index >= 15 is 0 Å². The van der Waals surface area contributed by atoms with Gasteiger partial charge in [0.2, 0.25) is 0 Å². The van der Waals surface area contributed by atoms with Crippen LogP contribution >= 0.6 is 11.8 Å². The molecular formula is C11H20O2S. The molecule has 2 nitrogen and oxygen atoms in total. The highest BCUT2D eigenvalue weighted by Gasteiger charge is 2.19. The van der Waals surface area contributed by atoms with Crippen LogP contribution in [0.2, 0.25) is 0 Å². The van der Waals surface area contributed by atoms with E-state index in [1.165, 1.54) is 11.8 Å². The molecule has 3 heteroatoms. The Hall–Kier alpha value is -0.280. The third kappa shape index (κ3) is 5.45. The molecule has 0 aromatic rings. The standard InChI is InChI=1S/C11H20O2S/c1-4-6-7-8-10(12)9(3)11(13)14-5-2/h7-10,12H,4-6H2,1-3H3/b8-7+/t9-,10-/m1/s1. The van der Waals surface area contributed by atoms with E-state index in [9.17, 15) is 9.90 Å². The SMILES string of the molecule is CCC/C=C/[C@@H](O)[C@@H](C)C(=O)SCC. The minimum atomic E-state index is -0.631. The summed E-state index contributed by atoms with van der Waals surface area (Å²) in [7, 11) is 0. The van der Waals surface area contributed by atoms with Gasteiger partial charge in [-0.2, -0.15) is 0 Å². The first-order valence-electron chi connectivity index (χ1n) is 5.14. The summed E-state index contributed by atoms with van der Waals surface area (Å²) in [6.45, 7) is 5.79. The van der Waals surface area contributed by atoms with E-state index in [-0.39, 0.29) is 11.0 Å². The second-order valence-corrected chi connectivity index (χ2v) is 4.52. The number of carbonyl (C=O) groups excluding carboxylic acids is 1. The molecule has 0 saturated carbocycles. The summed E-state index contributed by atoms with van der Waals surface area (Å²) in [5.74, 6) is 0.474. The number of aliphatic hydroxyl groups excluding tert-OH is 1. The van der Waals surface area contributed by atoms with Gasteiger partial charge in [0, 0.05) is 0 Å². The van der Waals surface area contributed by atoms with Crippen LogP contribution in [0.15, 0.2) is 12.2 Å². The summed E-state index contributed by atoms with van der Waals surface area (Å²) in [6, 6.07) is 0. The molecule has 14 heavy (non-hydrogen) atoms. The fourth-order valence-electron chi connectivity index (χ4n) is 0.982. The molecule has 0 aliphatic rings. The Kier molecular flexibility index (Phi) is 7.90. The Labute approximate surface area is 90.8 Å². The van der Waals surface area contributed by atoms with Gasteiger partial charge in [0.25, 0.3) is 0 Å². The lowest BCUT2D eigenvalue weighted by Gasteiger charge is -2.13. The number of aliphatic hydroxyl groups is 1. The van der Waals surface area contributed by atoms with Crippen LogP contribution in [0.1, 0.15) is 33.6 Å². The minimum Gasteiger partial charge on any atom is -0.388 e. The van der Waals surface area contributed by atoms with E-state index < -0.39 is 6.10 Å². The first-order chi connectivity index (χ1) is 6.63. The average molecular weight is 216 g/mol. The predicted octanol–water partition coefficient (Wildman–Crippen LogP) is 2.62. The molecule has 0 bridgehead atoms. The average Bonchev–Trinajstić information content (AvgIpc) is 2.17. The van der Waals surface area contributed by atoms with E-state index in [0.717, 1.165) is 18.6 Å². The minimum absolute atomic E-state index is 0.0705. The molecule has 0 amide bonds. The van der Waals surface area contributed by atoms with Crippen LogP contribution in [-0.2, 0) is 4.79 Å². The molecule has 82 valence electrons. The van der Waals surface area contributed by atoms with Crippen LogP contribution in [0.4, 0.5) is 0 Å². The zero-order valence-electron chi connectivity index (χ0n) is 9.19. The highest BCUT2D eigenvalue weighted by molar-refractivity contribution is 8.13. The Bertz CT molecular complexity index is 190. The maximum Gasteiger partial charge on any atom is 0.194 e. The zero-order valence-corrected chi connectivity index (χ0v) is 10.0. The smallest absolute Gasteiger partial charge is 0.194 e. The summed E-state index contributed by atoms with van der Waals surface area (Å²) in [6.07, 6.45) is 5.05. The lowest BCUT2D eigenvalue weighted by molar-refractivity contribution is -0.116. The largest absolute Gasteiger partial charge is 0.388 e. The third-order valence-corrected chi connectivity index (χ3v) is 2.90. The Balaban J connectivity index is 3.97. The quantitative estimate of drug-likeness (QED) is 0.693. The van der Waals surface area contributed by atoms with Crippen LogP contribution in [-0.4, -0.2) is 22.1 Å². The number of allylic oxidation sites excluding steroid dienone is 1. The van der Waals surface area contributed by atoms with Crippen molar-refractivity contribution in [1.29, 1.82) is 0 Å². The molecule has 0 fully saturated rings. The van der Waals surface area contributed by atoms with Gasteiger partial charge in [0.15, 0.2) is 5.12 Å². The van der Waals surface area contributed by atoms with Crippen molar-refractivity contribution in [2.24, 2.45) is 5.92 Å². The second kappa shape index (κ2) is 8.06. The topological polar surface area (TPSA) is 37.3 Å². The van der Waals surface area contributed by atoms with Crippen molar-refractivity contribution >= 4 is 16.9 Å². The number of rotatable bonds is 6. The molecule has 0 aliphatic heterocycles.